The van der Waals surface area contributed by atoms with Gasteiger partial charge in [-0.1, -0.05) is 36.2 Å². The van der Waals surface area contributed by atoms with Crippen molar-refractivity contribution in [1.29, 1.82) is 5.41 Å². The zero-order valence-corrected chi connectivity index (χ0v) is 19.5. The van der Waals surface area contributed by atoms with Gasteiger partial charge in [-0.3, -0.25) is 9.81 Å². The summed E-state index contributed by atoms with van der Waals surface area (Å²) in [6.45, 7) is 1.08. The third kappa shape index (κ3) is 4.49. The summed E-state index contributed by atoms with van der Waals surface area (Å²) in [5, 5.41) is 30.9. The van der Waals surface area contributed by atoms with Crippen LogP contribution in [0.1, 0.15) is 30.1 Å². The predicted octanol–water partition coefficient (Wildman–Crippen LogP) is 5.48. The number of unbranched alkanes of at least 4 members (excludes halogenated alkanes) is 2. The van der Waals surface area contributed by atoms with E-state index in [2.05, 4.69) is 15.2 Å². The number of amidine groups is 1. The van der Waals surface area contributed by atoms with E-state index in [1.165, 1.54) is 11.3 Å². The quantitative estimate of drug-likeness (QED) is 0.327. The number of halogens is 1. The number of pyridine rings is 1. The first-order valence-corrected chi connectivity index (χ1v) is 12.1. The van der Waals surface area contributed by atoms with Gasteiger partial charge in [0.15, 0.2) is 5.65 Å². The maximum absolute atomic E-state index is 10.6. The number of aliphatic hydroxyl groups excluding tert-OH is 1. The second-order valence-electron chi connectivity index (χ2n) is 7.99. The van der Waals surface area contributed by atoms with Gasteiger partial charge in [0, 0.05) is 35.1 Å². The summed E-state index contributed by atoms with van der Waals surface area (Å²) >= 11 is 7.42. The number of thiazole rings is 1. The van der Waals surface area contributed by atoms with E-state index in [0.29, 0.717) is 28.0 Å². The molecule has 1 aliphatic rings. The van der Waals surface area contributed by atoms with Crippen LogP contribution in [0.25, 0.3) is 22.5 Å². The first-order chi connectivity index (χ1) is 16.1. The van der Waals surface area contributed by atoms with Gasteiger partial charge in [0.05, 0.1) is 17.8 Å². The number of nitrogens with zero attached hydrogens (tertiary/aromatic N) is 5. The molecule has 0 bridgehead atoms. The molecule has 33 heavy (non-hydrogen) atoms. The topological polar surface area (TPSA) is 90.4 Å². The van der Waals surface area contributed by atoms with Crippen molar-refractivity contribution in [3.63, 3.8) is 0 Å². The Morgan fingerprint density at radius 2 is 1.91 bits per heavy atom. The maximum Gasteiger partial charge on any atom is 0.160 e. The van der Waals surface area contributed by atoms with E-state index < -0.39 is 0 Å². The van der Waals surface area contributed by atoms with Crippen LogP contribution >= 0.6 is 22.9 Å². The van der Waals surface area contributed by atoms with Crippen LogP contribution in [0.15, 0.2) is 59.8 Å². The lowest BCUT2D eigenvalue weighted by molar-refractivity contribution is 0.345. The number of aliphatic hydroxyl groups is 1. The molecule has 3 aromatic heterocycles. The van der Waals surface area contributed by atoms with Gasteiger partial charge in [-0.05, 0) is 37.1 Å². The van der Waals surface area contributed by atoms with Gasteiger partial charge in [-0.15, -0.1) is 21.5 Å². The molecule has 5 rings (SSSR count). The smallest absolute Gasteiger partial charge is 0.160 e. The van der Waals surface area contributed by atoms with E-state index >= 15 is 0 Å². The summed E-state index contributed by atoms with van der Waals surface area (Å²) in [6.07, 6.45) is 5.81. The Kier molecular flexibility index (Phi) is 6.11. The normalized spacial score (nSPS) is 14.1. The Bertz CT molecular complexity index is 1330. The molecule has 2 N–H and O–H groups in total. The van der Waals surface area contributed by atoms with Crippen molar-refractivity contribution in [1.82, 2.24) is 24.5 Å². The second-order valence-corrected chi connectivity index (χ2v) is 9.29. The molecule has 1 aliphatic heterocycles. The molecule has 0 fully saturated rings. The van der Waals surface area contributed by atoms with Crippen LogP contribution in [0.2, 0.25) is 5.02 Å². The molecule has 0 aliphatic carbocycles. The zero-order valence-electron chi connectivity index (χ0n) is 17.9. The summed E-state index contributed by atoms with van der Waals surface area (Å²) < 4.78 is 2.02. The van der Waals surface area contributed by atoms with E-state index in [4.69, 9.17) is 17.0 Å². The fourth-order valence-electron chi connectivity index (χ4n) is 4.02. The Morgan fingerprint density at radius 3 is 2.76 bits per heavy atom. The van der Waals surface area contributed by atoms with Gasteiger partial charge in [-0.2, -0.15) is 0 Å². The Balaban J connectivity index is 1.15. The van der Waals surface area contributed by atoms with E-state index in [0.717, 1.165) is 55.0 Å². The van der Waals surface area contributed by atoms with Crippen molar-refractivity contribution in [3.8, 4) is 11.3 Å². The van der Waals surface area contributed by atoms with Crippen LogP contribution in [0, 0.1) is 5.41 Å². The highest BCUT2D eigenvalue weighted by Gasteiger charge is 2.29. The van der Waals surface area contributed by atoms with Crippen molar-refractivity contribution < 1.29 is 5.11 Å². The highest BCUT2D eigenvalue weighted by Crippen LogP contribution is 2.32. The van der Waals surface area contributed by atoms with Gasteiger partial charge in [0.2, 0.25) is 0 Å². The lowest BCUT2D eigenvalue weighted by Crippen LogP contribution is -2.27. The zero-order chi connectivity index (χ0) is 22.8. The van der Waals surface area contributed by atoms with Gasteiger partial charge >= 0.3 is 0 Å². The minimum Gasteiger partial charge on any atom is -0.510 e. The van der Waals surface area contributed by atoms with Crippen molar-refractivity contribution >= 4 is 40.0 Å². The van der Waals surface area contributed by atoms with Gasteiger partial charge in [0.1, 0.15) is 22.4 Å². The first-order valence-electron chi connectivity index (χ1n) is 10.9. The number of fused-ring (bicyclic) bond motifs is 1. The van der Waals surface area contributed by atoms with Crippen LogP contribution < -0.4 is 0 Å². The van der Waals surface area contributed by atoms with E-state index in [9.17, 15) is 5.11 Å². The number of hydrogen-bond donors (Lipinski definition) is 2. The Hall–Kier alpha value is -3.23. The van der Waals surface area contributed by atoms with Gasteiger partial charge in [0.25, 0.3) is 0 Å². The Morgan fingerprint density at radius 1 is 1.06 bits per heavy atom. The van der Waals surface area contributed by atoms with Crippen LogP contribution in [0.5, 0.6) is 0 Å². The summed E-state index contributed by atoms with van der Waals surface area (Å²) in [7, 11) is 0. The second kappa shape index (κ2) is 9.33. The largest absolute Gasteiger partial charge is 0.510 e. The number of hydrogen-bond acceptors (Lipinski definition) is 6. The van der Waals surface area contributed by atoms with Crippen LogP contribution in [0.3, 0.4) is 0 Å². The van der Waals surface area contributed by atoms with Crippen molar-refractivity contribution in [3.05, 3.63) is 75.7 Å². The molecule has 0 amide bonds. The van der Waals surface area contributed by atoms with Crippen molar-refractivity contribution in [2.24, 2.45) is 0 Å². The van der Waals surface area contributed by atoms with Crippen LogP contribution in [-0.4, -0.2) is 48.5 Å². The minimum absolute atomic E-state index is 0.215. The van der Waals surface area contributed by atoms with E-state index in [-0.39, 0.29) is 5.76 Å². The van der Waals surface area contributed by atoms with E-state index in [1.807, 2.05) is 63.3 Å². The number of nitrogens with one attached hydrogen (secondary N) is 1. The fourth-order valence-corrected chi connectivity index (χ4v) is 5.04. The standard InChI is InChI=1S/C24H23ClN6OS/c25-17-10-8-16(9-11-17)18-15-33-24(27-18)22-19(32)14-30(23(22)26)12-4-1-2-6-20-28-29-21-7-3-5-13-31(20)21/h3,5,7-11,13,15,26,32H,1-2,4,6,12,14H2. The average Bonchev–Trinajstić information content (AvgIpc) is 3.52. The third-order valence-corrected chi connectivity index (χ3v) is 6.86. The molecule has 0 spiro atoms. The number of aromatic nitrogens is 4. The summed E-state index contributed by atoms with van der Waals surface area (Å²) in [5.74, 6) is 1.53. The summed E-state index contributed by atoms with van der Waals surface area (Å²) in [4.78, 5) is 6.58. The molecule has 4 heterocycles. The van der Waals surface area contributed by atoms with Crippen LogP contribution in [-0.2, 0) is 6.42 Å². The molecule has 0 unspecified atom stereocenters. The molecule has 0 saturated carbocycles. The van der Waals surface area contributed by atoms with Crippen molar-refractivity contribution in [2.45, 2.75) is 25.7 Å². The van der Waals surface area contributed by atoms with Gasteiger partial charge < -0.3 is 10.0 Å². The summed E-state index contributed by atoms with van der Waals surface area (Å²) in [5.41, 5.74) is 3.19. The minimum atomic E-state index is 0.215. The molecule has 0 saturated heterocycles. The predicted molar refractivity (Wildman–Crippen MR) is 132 cm³/mol. The van der Waals surface area contributed by atoms with E-state index in [1.54, 1.807) is 0 Å². The molecule has 9 heteroatoms. The molecule has 7 nitrogen and oxygen atoms in total. The number of aryl methyl sites for hydroxylation is 1. The molecular formula is C24H23ClN6OS. The monoisotopic (exact) mass is 478 g/mol. The first kappa shape index (κ1) is 21.6. The average molecular weight is 479 g/mol. The lowest BCUT2D eigenvalue weighted by Gasteiger charge is -2.18. The fraction of sp³-hybridized carbons (Fsp3) is 0.250. The SMILES string of the molecule is N=C1C(c2nc(-c3ccc(Cl)cc3)cs2)=C(O)CN1CCCCCc1nnc2ccccn12. The Labute approximate surface area is 200 Å². The van der Waals surface area contributed by atoms with Crippen LogP contribution in [0.4, 0.5) is 0 Å². The van der Waals surface area contributed by atoms with Crippen molar-refractivity contribution in [2.75, 3.05) is 13.1 Å². The summed E-state index contributed by atoms with van der Waals surface area (Å²) in [6, 6.07) is 13.4. The highest BCUT2D eigenvalue weighted by atomic mass is 35.5. The highest BCUT2D eigenvalue weighted by molar-refractivity contribution is 7.11. The molecule has 4 aromatic rings. The number of rotatable bonds is 8. The lowest BCUT2D eigenvalue weighted by atomic mass is 10.1. The number of benzene rings is 1. The molecule has 1 aromatic carbocycles. The third-order valence-electron chi connectivity index (χ3n) is 5.75. The van der Waals surface area contributed by atoms with Gasteiger partial charge in [-0.25, -0.2) is 4.98 Å². The maximum atomic E-state index is 10.6. The molecule has 0 radical (unpaired) electrons. The molecule has 0 atom stereocenters. The molecular weight excluding hydrogens is 456 g/mol. The molecule has 168 valence electrons.